The van der Waals surface area contributed by atoms with Crippen LogP contribution in [-0.4, -0.2) is 24.0 Å². The van der Waals surface area contributed by atoms with Gasteiger partial charge in [0.15, 0.2) is 0 Å². The van der Waals surface area contributed by atoms with Crippen LogP contribution in [0, 0.1) is 16.0 Å². The lowest BCUT2D eigenvalue weighted by atomic mass is 10.0. The van der Waals surface area contributed by atoms with Gasteiger partial charge < -0.3 is 10.1 Å². The van der Waals surface area contributed by atoms with E-state index < -0.39 is 11.0 Å². The molecule has 7 heteroatoms. The van der Waals surface area contributed by atoms with E-state index in [-0.39, 0.29) is 16.9 Å². The van der Waals surface area contributed by atoms with E-state index in [1.807, 2.05) is 13.8 Å². The van der Waals surface area contributed by atoms with Crippen molar-refractivity contribution >= 4 is 22.3 Å². The Kier molecular flexibility index (Phi) is 5.24. The summed E-state index contributed by atoms with van der Waals surface area (Å²) in [6, 6.07) is 1.10. The average Bonchev–Trinajstić information content (AvgIpc) is 2.77. The Bertz CT molecular complexity index is 430. The molecule has 0 fully saturated rings. The summed E-state index contributed by atoms with van der Waals surface area (Å²) in [5.74, 6) is -0.235. The molecule has 1 aromatic heterocycles. The molecule has 0 aliphatic carbocycles. The second-order valence-corrected chi connectivity index (χ2v) is 5.07. The average molecular weight is 272 g/mol. The highest BCUT2D eigenvalue weighted by molar-refractivity contribution is 7.13. The Balaban J connectivity index is 2.61. The Hall–Kier alpha value is -1.47. The predicted molar refractivity (Wildman–Crippen MR) is 68.5 cm³/mol. The maximum Gasteiger partial charge on any atom is 0.324 e. The molecule has 0 spiro atoms. The topological polar surface area (TPSA) is 81.5 Å². The molecular weight excluding hydrogens is 256 g/mol. The van der Waals surface area contributed by atoms with Crippen LogP contribution in [0.5, 0.6) is 0 Å². The summed E-state index contributed by atoms with van der Waals surface area (Å²) in [7, 11) is 1.34. The maximum atomic E-state index is 11.5. The van der Waals surface area contributed by atoms with Gasteiger partial charge in [-0.3, -0.25) is 14.9 Å². The fourth-order valence-electron chi connectivity index (χ4n) is 1.50. The van der Waals surface area contributed by atoms with E-state index in [4.69, 9.17) is 4.74 Å². The normalized spacial score (nSPS) is 12.4. The van der Waals surface area contributed by atoms with Crippen molar-refractivity contribution in [3.63, 3.8) is 0 Å². The van der Waals surface area contributed by atoms with Gasteiger partial charge in [-0.2, -0.15) is 0 Å². The second-order valence-electron chi connectivity index (χ2n) is 4.18. The van der Waals surface area contributed by atoms with Crippen molar-refractivity contribution in [1.29, 1.82) is 0 Å². The summed E-state index contributed by atoms with van der Waals surface area (Å²) in [5, 5.41) is 15.4. The smallest absolute Gasteiger partial charge is 0.324 e. The second kappa shape index (κ2) is 6.46. The van der Waals surface area contributed by atoms with E-state index in [9.17, 15) is 14.9 Å². The highest BCUT2D eigenvalue weighted by Crippen LogP contribution is 2.22. The molecule has 1 aromatic rings. The summed E-state index contributed by atoms with van der Waals surface area (Å²) in [6.45, 7) is 4.22. The predicted octanol–water partition coefficient (Wildman–Crippen LogP) is 1.94. The number of thiophene rings is 1. The third kappa shape index (κ3) is 3.78. The summed E-state index contributed by atoms with van der Waals surface area (Å²) in [5.41, 5.74) is 0.793. The van der Waals surface area contributed by atoms with E-state index in [0.717, 1.165) is 16.9 Å². The van der Waals surface area contributed by atoms with Gasteiger partial charge in [0, 0.05) is 18.0 Å². The first-order chi connectivity index (χ1) is 8.45. The van der Waals surface area contributed by atoms with Gasteiger partial charge in [0.25, 0.3) is 0 Å². The summed E-state index contributed by atoms with van der Waals surface area (Å²) in [6.07, 6.45) is 0. The minimum atomic E-state index is -0.422. The zero-order chi connectivity index (χ0) is 13.7. The van der Waals surface area contributed by atoms with Crippen LogP contribution in [0.2, 0.25) is 0 Å². The fraction of sp³-hybridized carbons (Fsp3) is 0.545. The molecule has 18 heavy (non-hydrogen) atoms. The molecule has 100 valence electrons. The van der Waals surface area contributed by atoms with Gasteiger partial charge in [0.1, 0.15) is 6.04 Å². The molecule has 0 amide bonds. The van der Waals surface area contributed by atoms with Gasteiger partial charge in [-0.05, 0) is 11.5 Å². The Morgan fingerprint density at radius 3 is 2.72 bits per heavy atom. The number of carbonyl (C=O) groups is 1. The van der Waals surface area contributed by atoms with Crippen LogP contribution in [0.15, 0.2) is 11.4 Å². The molecule has 1 atom stereocenters. The van der Waals surface area contributed by atoms with Crippen LogP contribution in [0.4, 0.5) is 5.00 Å². The van der Waals surface area contributed by atoms with Crippen LogP contribution >= 0.6 is 11.3 Å². The highest BCUT2D eigenvalue weighted by Gasteiger charge is 2.22. The molecule has 0 unspecified atom stereocenters. The summed E-state index contributed by atoms with van der Waals surface area (Å²) < 4.78 is 4.70. The van der Waals surface area contributed by atoms with Crippen molar-refractivity contribution in [3.8, 4) is 0 Å². The number of ether oxygens (including phenoxy) is 1. The molecule has 0 aliphatic rings. The monoisotopic (exact) mass is 272 g/mol. The minimum Gasteiger partial charge on any atom is -0.468 e. The van der Waals surface area contributed by atoms with Crippen molar-refractivity contribution in [2.24, 2.45) is 5.92 Å². The molecule has 0 aliphatic heterocycles. The zero-order valence-electron chi connectivity index (χ0n) is 10.5. The molecule has 1 heterocycles. The highest BCUT2D eigenvalue weighted by atomic mass is 32.1. The summed E-state index contributed by atoms with van der Waals surface area (Å²) >= 11 is 1.08. The van der Waals surface area contributed by atoms with Gasteiger partial charge >= 0.3 is 11.0 Å². The van der Waals surface area contributed by atoms with Crippen LogP contribution < -0.4 is 5.32 Å². The van der Waals surface area contributed by atoms with Crippen molar-refractivity contribution < 1.29 is 14.5 Å². The number of carbonyl (C=O) groups excluding carboxylic acids is 1. The fourth-order valence-corrected chi connectivity index (χ4v) is 2.23. The number of esters is 1. The van der Waals surface area contributed by atoms with Gasteiger partial charge in [-0.1, -0.05) is 25.2 Å². The van der Waals surface area contributed by atoms with Crippen molar-refractivity contribution in [3.05, 3.63) is 27.1 Å². The number of nitro groups is 1. The number of hydrogen-bond acceptors (Lipinski definition) is 6. The number of rotatable bonds is 6. The van der Waals surface area contributed by atoms with Crippen LogP contribution in [-0.2, 0) is 16.1 Å². The first-order valence-corrected chi connectivity index (χ1v) is 6.36. The van der Waals surface area contributed by atoms with Crippen LogP contribution in [0.1, 0.15) is 19.4 Å². The number of nitrogens with zero attached hydrogens (tertiary/aromatic N) is 1. The lowest BCUT2D eigenvalue weighted by Gasteiger charge is -2.19. The van der Waals surface area contributed by atoms with Gasteiger partial charge in [-0.15, -0.1) is 0 Å². The Morgan fingerprint density at radius 2 is 2.28 bits per heavy atom. The van der Waals surface area contributed by atoms with E-state index in [1.165, 1.54) is 13.2 Å². The lowest BCUT2D eigenvalue weighted by Crippen LogP contribution is -2.41. The van der Waals surface area contributed by atoms with Gasteiger partial charge in [-0.25, -0.2) is 0 Å². The number of nitrogens with one attached hydrogen (secondary N) is 1. The first-order valence-electron chi connectivity index (χ1n) is 5.48. The molecule has 0 radical (unpaired) electrons. The maximum absolute atomic E-state index is 11.5. The molecule has 1 rings (SSSR count). The number of methoxy groups -OCH3 is 1. The zero-order valence-corrected chi connectivity index (χ0v) is 11.3. The largest absolute Gasteiger partial charge is 0.468 e. The quantitative estimate of drug-likeness (QED) is 0.486. The molecular formula is C11H16N2O4S. The van der Waals surface area contributed by atoms with Crippen molar-refractivity contribution in [2.75, 3.05) is 7.11 Å². The van der Waals surface area contributed by atoms with Crippen molar-refractivity contribution in [1.82, 2.24) is 5.32 Å². The van der Waals surface area contributed by atoms with E-state index >= 15 is 0 Å². The third-order valence-corrected chi connectivity index (χ3v) is 3.40. The van der Waals surface area contributed by atoms with Crippen LogP contribution in [0.25, 0.3) is 0 Å². The van der Waals surface area contributed by atoms with Crippen LogP contribution in [0.3, 0.4) is 0 Å². The standard InChI is InChI=1S/C11H16N2O4S/c1-7(2)10(11(14)17-3)12-5-8-4-9(13(15)16)18-6-8/h4,6-7,10,12H,5H2,1-3H3/t10-/m1/s1. The summed E-state index contributed by atoms with van der Waals surface area (Å²) in [4.78, 5) is 21.6. The van der Waals surface area contributed by atoms with Gasteiger partial charge in [0.05, 0.1) is 12.0 Å². The first kappa shape index (κ1) is 14.6. The molecule has 1 N–H and O–H groups in total. The number of hydrogen-bond donors (Lipinski definition) is 1. The molecule has 0 saturated carbocycles. The van der Waals surface area contributed by atoms with Crippen molar-refractivity contribution in [2.45, 2.75) is 26.4 Å². The van der Waals surface area contributed by atoms with E-state index in [2.05, 4.69) is 5.32 Å². The molecule has 0 aromatic carbocycles. The molecule has 0 bridgehead atoms. The Morgan fingerprint density at radius 1 is 1.61 bits per heavy atom. The molecule has 0 saturated heterocycles. The SMILES string of the molecule is COC(=O)[C@H](NCc1csc([N+](=O)[O-])c1)C(C)C. The van der Waals surface area contributed by atoms with Gasteiger partial charge in [0.2, 0.25) is 0 Å². The van der Waals surface area contributed by atoms with E-state index in [0.29, 0.717) is 6.54 Å². The minimum absolute atomic E-state index is 0.0890. The molecule has 6 nitrogen and oxygen atoms in total. The van der Waals surface area contributed by atoms with E-state index in [1.54, 1.807) is 5.38 Å². The lowest BCUT2D eigenvalue weighted by molar-refractivity contribution is -0.380. The Labute approximate surface area is 109 Å². The third-order valence-electron chi connectivity index (χ3n) is 2.47.